The summed E-state index contributed by atoms with van der Waals surface area (Å²) in [6, 6.07) is 18.3. The lowest BCUT2D eigenvalue weighted by Gasteiger charge is -2.35. The zero-order valence-electron chi connectivity index (χ0n) is 14.0. The summed E-state index contributed by atoms with van der Waals surface area (Å²) in [4.78, 5) is 19.6. The standard InChI is InChI=1S/C20H21N3O2/c24-20(25-15-16-4-2-1-3-5-16)23-12-10-22(11-13-23)18-7-6-17-8-9-21-19(17)14-18/h1-9,14,21H,10-13,15H2. The van der Waals surface area contributed by atoms with E-state index in [1.165, 1.54) is 11.1 Å². The van der Waals surface area contributed by atoms with Crippen LogP contribution >= 0.6 is 0 Å². The summed E-state index contributed by atoms with van der Waals surface area (Å²) in [5, 5.41) is 1.21. The molecule has 2 aromatic carbocycles. The number of carbonyl (C=O) groups is 1. The van der Waals surface area contributed by atoms with Crippen molar-refractivity contribution >= 4 is 22.7 Å². The highest BCUT2D eigenvalue weighted by molar-refractivity contribution is 5.83. The van der Waals surface area contributed by atoms with Gasteiger partial charge >= 0.3 is 6.09 Å². The first-order valence-corrected chi connectivity index (χ1v) is 8.57. The molecule has 3 aromatic rings. The van der Waals surface area contributed by atoms with Crippen molar-refractivity contribution in [2.75, 3.05) is 31.1 Å². The first-order chi connectivity index (χ1) is 12.3. The molecule has 1 amide bonds. The van der Waals surface area contributed by atoms with Gasteiger partial charge in [-0.1, -0.05) is 36.4 Å². The van der Waals surface area contributed by atoms with E-state index in [9.17, 15) is 4.79 Å². The predicted octanol–water partition coefficient (Wildman–Crippen LogP) is 3.63. The van der Waals surface area contributed by atoms with Gasteiger partial charge in [0.2, 0.25) is 0 Å². The Bertz CT molecular complexity index is 852. The topological polar surface area (TPSA) is 48.6 Å². The van der Waals surface area contributed by atoms with Gasteiger partial charge in [-0.3, -0.25) is 0 Å². The Hall–Kier alpha value is -2.95. The average Bonchev–Trinajstić information content (AvgIpc) is 3.15. The number of anilines is 1. The third-order valence-corrected chi connectivity index (χ3v) is 4.65. The van der Waals surface area contributed by atoms with Crippen LogP contribution in [0.1, 0.15) is 5.56 Å². The number of fused-ring (bicyclic) bond motifs is 1. The van der Waals surface area contributed by atoms with Gasteiger partial charge in [0.05, 0.1) is 0 Å². The smallest absolute Gasteiger partial charge is 0.410 e. The number of piperazine rings is 1. The van der Waals surface area contributed by atoms with Gasteiger partial charge in [-0.25, -0.2) is 4.79 Å². The highest BCUT2D eigenvalue weighted by Crippen LogP contribution is 2.22. The number of nitrogens with one attached hydrogen (secondary N) is 1. The summed E-state index contributed by atoms with van der Waals surface area (Å²) >= 11 is 0. The van der Waals surface area contributed by atoms with Crippen molar-refractivity contribution in [1.29, 1.82) is 0 Å². The molecule has 0 unspecified atom stereocenters. The van der Waals surface area contributed by atoms with Crippen molar-refractivity contribution in [3.63, 3.8) is 0 Å². The first-order valence-electron chi connectivity index (χ1n) is 8.57. The molecule has 2 heterocycles. The van der Waals surface area contributed by atoms with Crippen molar-refractivity contribution in [2.24, 2.45) is 0 Å². The van der Waals surface area contributed by atoms with Gasteiger partial charge in [0.1, 0.15) is 6.61 Å². The van der Waals surface area contributed by atoms with E-state index in [1.807, 2.05) is 36.5 Å². The van der Waals surface area contributed by atoms with E-state index in [4.69, 9.17) is 4.74 Å². The maximum absolute atomic E-state index is 12.2. The van der Waals surface area contributed by atoms with Gasteiger partial charge in [-0.15, -0.1) is 0 Å². The molecule has 1 aromatic heterocycles. The molecule has 1 aliphatic heterocycles. The van der Waals surface area contributed by atoms with Gasteiger partial charge in [0.25, 0.3) is 0 Å². The molecule has 1 aliphatic rings. The summed E-state index contributed by atoms with van der Waals surface area (Å²) in [7, 11) is 0. The van der Waals surface area contributed by atoms with Crippen LogP contribution in [0.25, 0.3) is 10.9 Å². The van der Waals surface area contributed by atoms with E-state index < -0.39 is 0 Å². The monoisotopic (exact) mass is 335 g/mol. The van der Waals surface area contributed by atoms with Crippen LogP contribution in [-0.2, 0) is 11.3 Å². The second kappa shape index (κ2) is 6.89. The number of hydrogen-bond acceptors (Lipinski definition) is 3. The zero-order chi connectivity index (χ0) is 17.1. The van der Waals surface area contributed by atoms with E-state index in [1.54, 1.807) is 4.90 Å². The number of carbonyl (C=O) groups excluding carboxylic acids is 1. The number of H-pyrrole nitrogens is 1. The minimum Gasteiger partial charge on any atom is -0.445 e. The molecule has 5 heteroatoms. The Morgan fingerprint density at radius 3 is 2.60 bits per heavy atom. The van der Waals surface area contributed by atoms with Crippen LogP contribution in [-0.4, -0.2) is 42.2 Å². The molecule has 1 saturated heterocycles. The maximum Gasteiger partial charge on any atom is 0.410 e. The highest BCUT2D eigenvalue weighted by Gasteiger charge is 2.22. The number of amides is 1. The van der Waals surface area contributed by atoms with Crippen LogP contribution in [0.5, 0.6) is 0 Å². The molecule has 1 fully saturated rings. The first kappa shape index (κ1) is 15.6. The van der Waals surface area contributed by atoms with E-state index in [-0.39, 0.29) is 6.09 Å². The molecule has 25 heavy (non-hydrogen) atoms. The predicted molar refractivity (Wildman–Crippen MR) is 98.7 cm³/mol. The summed E-state index contributed by atoms with van der Waals surface area (Å²) in [5.74, 6) is 0. The van der Waals surface area contributed by atoms with Crippen LogP contribution in [0.2, 0.25) is 0 Å². The molecular weight excluding hydrogens is 314 g/mol. The number of hydrogen-bond donors (Lipinski definition) is 1. The number of aromatic nitrogens is 1. The molecule has 0 spiro atoms. The van der Waals surface area contributed by atoms with Gasteiger partial charge in [0.15, 0.2) is 0 Å². The quantitative estimate of drug-likeness (QED) is 0.795. The molecule has 0 saturated carbocycles. The van der Waals surface area contributed by atoms with Crippen LogP contribution in [0.15, 0.2) is 60.8 Å². The summed E-state index contributed by atoms with van der Waals surface area (Å²) < 4.78 is 5.42. The molecule has 4 rings (SSSR count). The lowest BCUT2D eigenvalue weighted by Crippen LogP contribution is -2.48. The molecule has 128 valence electrons. The number of aromatic amines is 1. The third kappa shape index (κ3) is 3.45. The molecule has 1 N–H and O–H groups in total. The SMILES string of the molecule is O=C(OCc1ccccc1)N1CCN(c2ccc3cc[nH]c3c2)CC1. The van der Waals surface area contributed by atoms with E-state index in [0.717, 1.165) is 24.2 Å². The Morgan fingerprint density at radius 2 is 1.80 bits per heavy atom. The van der Waals surface area contributed by atoms with Crippen molar-refractivity contribution in [1.82, 2.24) is 9.88 Å². The summed E-state index contributed by atoms with van der Waals surface area (Å²) in [5.41, 5.74) is 3.34. The Morgan fingerprint density at radius 1 is 1.00 bits per heavy atom. The van der Waals surface area contributed by atoms with Crippen LogP contribution in [0, 0.1) is 0 Å². The van der Waals surface area contributed by atoms with E-state index >= 15 is 0 Å². The summed E-state index contributed by atoms with van der Waals surface area (Å²) in [6.45, 7) is 3.30. The fourth-order valence-corrected chi connectivity index (χ4v) is 3.19. The Balaban J connectivity index is 1.32. The minimum atomic E-state index is -0.233. The van der Waals surface area contributed by atoms with Crippen LogP contribution in [0.3, 0.4) is 0 Å². The average molecular weight is 335 g/mol. The maximum atomic E-state index is 12.2. The lowest BCUT2D eigenvalue weighted by atomic mass is 10.2. The minimum absolute atomic E-state index is 0.233. The number of rotatable bonds is 3. The fraction of sp³-hybridized carbons (Fsp3) is 0.250. The third-order valence-electron chi connectivity index (χ3n) is 4.65. The molecule has 0 radical (unpaired) electrons. The number of benzene rings is 2. The highest BCUT2D eigenvalue weighted by atomic mass is 16.6. The van der Waals surface area contributed by atoms with Gasteiger partial charge in [-0.05, 0) is 29.1 Å². The van der Waals surface area contributed by atoms with Crippen molar-refractivity contribution in [3.05, 3.63) is 66.4 Å². The molecule has 0 atom stereocenters. The van der Waals surface area contributed by atoms with Crippen molar-refractivity contribution in [3.8, 4) is 0 Å². The van der Waals surface area contributed by atoms with Crippen molar-refractivity contribution in [2.45, 2.75) is 6.61 Å². The molecule has 0 aliphatic carbocycles. The second-order valence-electron chi connectivity index (χ2n) is 6.26. The van der Waals surface area contributed by atoms with E-state index in [0.29, 0.717) is 19.7 Å². The van der Waals surface area contributed by atoms with Crippen LogP contribution < -0.4 is 4.90 Å². The number of nitrogens with zero attached hydrogens (tertiary/aromatic N) is 2. The Labute approximate surface area is 146 Å². The normalized spacial score (nSPS) is 14.7. The summed E-state index contributed by atoms with van der Waals surface area (Å²) in [6.07, 6.45) is 1.72. The lowest BCUT2D eigenvalue weighted by molar-refractivity contribution is 0.0942. The second-order valence-corrected chi connectivity index (χ2v) is 6.26. The zero-order valence-corrected chi connectivity index (χ0v) is 14.0. The fourth-order valence-electron chi connectivity index (χ4n) is 3.19. The van der Waals surface area contributed by atoms with E-state index in [2.05, 4.69) is 34.1 Å². The molecular formula is C20H21N3O2. The number of ether oxygens (including phenoxy) is 1. The molecule has 0 bridgehead atoms. The van der Waals surface area contributed by atoms with Gasteiger partial charge < -0.3 is 19.5 Å². The van der Waals surface area contributed by atoms with Crippen molar-refractivity contribution < 1.29 is 9.53 Å². The Kier molecular flexibility index (Phi) is 4.29. The van der Waals surface area contributed by atoms with Gasteiger partial charge in [-0.2, -0.15) is 0 Å². The largest absolute Gasteiger partial charge is 0.445 e. The van der Waals surface area contributed by atoms with Gasteiger partial charge in [0, 0.05) is 43.6 Å². The van der Waals surface area contributed by atoms with Crippen LogP contribution in [0.4, 0.5) is 10.5 Å². The molecule has 5 nitrogen and oxygen atoms in total.